The van der Waals surface area contributed by atoms with Crippen molar-refractivity contribution in [2.24, 2.45) is 0 Å². The first-order chi connectivity index (χ1) is 4.27. The lowest BCUT2D eigenvalue weighted by Gasteiger charge is -1.99. The predicted molar refractivity (Wildman–Crippen MR) is 47.4 cm³/mol. The lowest BCUT2D eigenvalue weighted by Crippen LogP contribution is -1.85. The third-order valence-corrected chi connectivity index (χ3v) is 1.77. The molecule has 0 aromatic carbocycles. The van der Waals surface area contributed by atoms with E-state index in [-0.39, 0.29) is 4.71 Å². The molecule has 1 atom stereocenters. The van der Waals surface area contributed by atoms with Crippen LogP contribution in [0, 0.1) is 0 Å². The maximum atomic E-state index is 5.62. The number of hydrogen-bond donors (Lipinski definition) is 1. The van der Waals surface area contributed by atoms with Crippen LogP contribution in [0.5, 0.6) is 0 Å². The van der Waals surface area contributed by atoms with E-state index in [0.717, 1.165) is 6.42 Å². The van der Waals surface area contributed by atoms with Crippen LogP contribution in [0.1, 0.15) is 39.0 Å². The van der Waals surface area contributed by atoms with E-state index < -0.39 is 0 Å². The first-order valence-electron chi connectivity index (χ1n) is 3.59. The van der Waals surface area contributed by atoms with Crippen LogP contribution in [0.2, 0.25) is 0 Å². The summed E-state index contributed by atoms with van der Waals surface area (Å²) >= 11 is 9.69. The summed E-state index contributed by atoms with van der Waals surface area (Å²) in [5.74, 6) is 0. The fourth-order valence-electron chi connectivity index (χ4n) is 0.740. The van der Waals surface area contributed by atoms with Crippen molar-refractivity contribution in [3.05, 3.63) is 0 Å². The van der Waals surface area contributed by atoms with Gasteiger partial charge in [-0.05, 0) is 6.42 Å². The van der Waals surface area contributed by atoms with E-state index in [0.29, 0.717) is 0 Å². The molecule has 0 bridgehead atoms. The molecule has 0 heterocycles. The second-order valence-electron chi connectivity index (χ2n) is 2.28. The molecule has 2 heteroatoms. The molecule has 0 aromatic rings. The lowest BCUT2D eigenvalue weighted by atomic mass is 10.2. The number of alkyl halides is 1. The van der Waals surface area contributed by atoms with Crippen molar-refractivity contribution in [2.75, 3.05) is 0 Å². The standard InChI is InChI=1S/C7H15ClS/c1-2-3-4-5-6-7(8)9/h7,9H,2-6H2,1H3. The summed E-state index contributed by atoms with van der Waals surface area (Å²) in [5, 5.41) is 0. The number of rotatable bonds is 5. The van der Waals surface area contributed by atoms with Gasteiger partial charge in [-0.15, -0.1) is 11.6 Å². The molecule has 0 amide bonds. The van der Waals surface area contributed by atoms with Crippen molar-refractivity contribution < 1.29 is 0 Å². The number of thiol groups is 1. The second-order valence-corrected chi connectivity index (χ2v) is 3.74. The molecule has 0 aliphatic rings. The van der Waals surface area contributed by atoms with Gasteiger partial charge in [0.05, 0.1) is 4.71 Å². The molecule has 9 heavy (non-hydrogen) atoms. The molecular weight excluding hydrogens is 152 g/mol. The van der Waals surface area contributed by atoms with E-state index in [9.17, 15) is 0 Å². The summed E-state index contributed by atoms with van der Waals surface area (Å²) in [6, 6.07) is 0. The topological polar surface area (TPSA) is 0 Å². The lowest BCUT2D eigenvalue weighted by molar-refractivity contribution is 0.652. The zero-order chi connectivity index (χ0) is 7.11. The molecule has 0 rings (SSSR count). The number of unbranched alkanes of at least 4 members (excludes halogenated alkanes) is 3. The molecule has 0 fully saturated rings. The first-order valence-corrected chi connectivity index (χ1v) is 4.54. The van der Waals surface area contributed by atoms with Gasteiger partial charge in [-0.2, -0.15) is 12.6 Å². The summed E-state index contributed by atoms with van der Waals surface area (Å²) in [6.07, 6.45) is 6.20. The molecule has 0 aliphatic heterocycles. The smallest absolute Gasteiger partial charge is 0.0759 e. The van der Waals surface area contributed by atoms with Gasteiger partial charge in [0, 0.05) is 0 Å². The Morgan fingerprint density at radius 2 is 2.00 bits per heavy atom. The molecule has 0 nitrogen and oxygen atoms in total. The maximum absolute atomic E-state index is 5.62. The van der Waals surface area contributed by atoms with Gasteiger partial charge in [0.15, 0.2) is 0 Å². The molecule has 0 aromatic heterocycles. The van der Waals surface area contributed by atoms with E-state index in [1.54, 1.807) is 0 Å². The van der Waals surface area contributed by atoms with Crippen LogP contribution in [0.25, 0.3) is 0 Å². The molecule has 0 saturated heterocycles. The van der Waals surface area contributed by atoms with Crippen LogP contribution in [0.15, 0.2) is 0 Å². The zero-order valence-corrected chi connectivity index (χ0v) is 7.59. The van der Waals surface area contributed by atoms with Gasteiger partial charge in [0.2, 0.25) is 0 Å². The fourth-order valence-corrected chi connectivity index (χ4v) is 1.08. The van der Waals surface area contributed by atoms with Crippen LogP contribution >= 0.6 is 24.2 Å². The highest BCUT2D eigenvalue weighted by Gasteiger charge is 1.94. The van der Waals surface area contributed by atoms with E-state index in [1.165, 1.54) is 25.7 Å². The summed E-state index contributed by atoms with van der Waals surface area (Å²) in [6.45, 7) is 2.21. The van der Waals surface area contributed by atoms with E-state index in [1.807, 2.05) is 0 Å². The average molecular weight is 167 g/mol. The minimum Gasteiger partial charge on any atom is -0.160 e. The zero-order valence-electron chi connectivity index (χ0n) is 5.94. The normalized spacial score (nSPS) is 13.7. The van der Waals surface area contributed by atoms with Gasteiger partial charge in [-0.25, -0.2) is 0 Å². The highest BCUT2D eigenvalue weighted by molar-refractivity contribution is 7.82. The van der Waals surface area contributed by atoms with Crippen molar-refractivity contribution in [3.8, 4) is 0 Å². The summed E-state index contributed by atoms with van der Waals surface area (Å²) < 4.78 is 0.0712. The highest BCUT2D eigenvalue weighted by Crippen LogP contribution is 2.12. The molecular formula is C7H15ClS. The largest absolute Gasteiger partial charge is 0.160 e. The molecule has 0 saturated carbocycles. The van der Waals surface area contributed by atoms with Crippen LogP contribution in [0.4, 0.5) is 0 Å². The summed E-state index contributed by atoms with van der Waals surface area (Å²) in [7, 11) is 0. The molecule has 0 N–H and O–H groups in total. The predicted octanol–water partition coefficient (Wildman–Crippen LogP) is 3.45. The van der Waals surface area contributed by atoms with Crippen LogP contribution < -0.4 is 0 Å². The Morgan fingerprint density at radius 3 is 2.44 bits per heavy atom. The molecule has 0 aliphatic carbocycles. The molecule has 56 valence electrons. The first kappa shape index (κ1) is 9.64. The van der Waals surface area contributed by atoms with E-state index in [2.05, 4.69) is 19.6 Å². The Morgan fingerprint density at radius 1 is 1.33 bits per heavy atom. The van der Waals surface area contributed by atoms with Gasteiger partial charge in [0.1, 0.15) is 0 Å². The number of hydrogen-bond acceptors (Lipinski definition) is 1. The molecule has 0 spiro atoms. The Balaban J connectivity index is 2.75. The van der Waals surface area contributed by atoms with Crippen molar-refractivity contribution in [2.45, 2.75) is 43.7 Å². The minimum atomic E-state index is 0.0712. The van der Waals surface area contributed by atoms with Crippen molar-refractivity contribution >= 4 is 24.2 Å². The van der Waals surface area contributed by atoms with Crippen LogP contribution in [-0.2, 0) is 0 Å². The Hall–Kier alpha value is 0.640. The maximum Gasteiger partial charge on any atom is 0.0759 e. The summed E-state index contributed by atoms with van der Waals surface area (Å²) in [4.78, 5) is 0. The average Bonchev–Trinajstić information content (AvgIpc) is 1.80. The van der Waals surface area contributed by atoms with Crippen LogP contribution in [0.3, 0.4) is 0 Å². The minimum absolute atomic E-state index is 0.0712. The Labute approximate surface area is 68.4 Å². The Kier molecular flexibility index (Phi) is 7.24. The molecule has 0 radical (unpaired) electrons. The van der Waals surface area contributed by atoms with Crippen molar-refractivity contribution in [1.82, 2.24) is 0 Å². The van der Waals surface area contributed by atoms with E-state index in [4.69, 9.17) is 11.6 Å². The SMILES string of the molecule is CCCCCCC(S)Cl. The van der Waals surface area contributed by atoms with Crippen molar-refractivity contribution in [1.29, 1.82) is 0 Å². The summed E-state index contributed by atoms with van der Waals surface area (Å²) in [5.41, 5.74) is 0. The monoisotopic (exact) mass is 166 g/mol. The van der Waals surface area contributed by atoms with Gasteiger partial charge < -0.3 is 0 Å². The van der Waals surface area contributed by atoms with Gasteiger partial charge in [-0.1, -0.05) is 32.6 Å². The third-order valence-electron chi connectivity index (χ3n) is 1.30. The second kappa shape index (κ2) is 6.76. The van der Waals surface area contributed by atoms with Gasteiger partial charge >= 0.3 is 0 Å². The fraction of sp³-hybridized carbons (Fsp3) is 1.00. The Bertz CT molecular complexity index is 54.9. The quantitative estimate of drug-likeness (QED) is 0.361. The van der Waals surface area contributed by atoms with Crippen molar-refractivity contribution in [3.63, 3.8) is 0 Å². The van der Waals surface area contributed by atoms with E-state index >= 15 is 0 Å². The molecule has 1 unspecified atom stereocenters. The number of halogens is 1. The van der Waals surface area contributed by atoms with Gasteiger partial charge in [-0.3, -0.25) is 0 Å². The van der Waals surface area contributed by atoms with Gasteiger partial charge in [0.25, 0.3) is 0 Å². The highest BCUT2D eigenvalue weighted by atomic mass is 35.5. The van der Waals surface area contributed by atoms with Crippen LogP contribution in [-0.4, -0.2) is 4.71 Å². The third kappa shape index (κ3) is 8.64.